The first kappa shape index (κ1) is 19.3. The van der Waals surface area contributed by atoms with Crippen LogP contribution in [0.4, 0.5) is 0 Å². The van der Waals surface area contributed by atoms with E-state index < -0.39 is 10.0 Å². The van der Waals surface area contributed by atoms with Crippen LogP contribution in [0.1, 0.15) is 26.7 Å². The molecule has 0 fully saturated rings. The Balaban J connectivity index is 4.26. The molecule has 0 atom stereocenters. The van der Waals surface area contributed by atoms with Crippen LogP contribution < -0.4 is 5.32 Å². The zero-order valence-electron chi connectivity index (χ0n) is 13.3. The van der Waals surface area contributed by atoms with Gasteiger partial charge in [0.1, 0.15) is 0 Å². The van der Waals surface area contributed by atoms with E-state index in [0.29, 0.717) is 25.4 Å². The molecule has 0 rings (SSSR count). The van der Waals surface area contributed by atoms with Crippen molar-refractivity contribution in [3.05, 3.63) is 0 Å². The van der Waals surface area contributed by atoms with E-state index in [1.807, 2.05) is 19.0 Å². The fourth-order valence-corrected chi connectivity index (χ4v) is 2.45. The quantitative estimate of drug-likeness (QED) is 0.633. The minimum atomic E-state index is -3.35. The Morgan fingerprint density at radius 1 is 1.20 bits per heavy atom. The minimum absolute atomic E-state index is 0.0929. The van der Waals surface area contributed by atoms with Crippen molar-refractivity contribution in [2.75, 3.05) is 46.5 Å². The van der Waals surface area contributed by atoms with Gasteiger partial charge in [0.05, 0.1) is 12.8 Å². The van der Waals surface area contributed by atoms with Gasteiger partial charge in [0.15, 0.2) is 0 Å². The molecule has 0 aliphatic rings. The molecule has 0 unspecified atom stereocenters. The van der Waals surface area contributed by atoms with Crippen molar-refractivity contribution in [3.63, 3.8) is 0 Å². The topological polar surface area (TPSA) is 69.7 Å². The lowest BCUT2D eigenvalue weighted by Crippen LogP contribution is -2.41. The SMILES string of the molecule is CC(C)CCNC(=O)CN(CCCN(C)C)S(C)(=O)=O. The standard InChI is InChI=1S/C13H29N3O3S/c1-12(2)7-8-14-13(17)11-16(20(5,18)19)10-6-9-15(3)4/h12H,6-11H2,1-5H3,(H,14,17). The van der Waals surface area contributed by atoms with E-state index in [2.05, 4.69) is 19.2 Å². The summed E-state index contributed by atoms with van der Waals surface area (Å²) in [6.07, 6.45) is 2.74. The number of sulfonamides is 1. The molecule has 1 N–H and O–H groups in total. The molecule has 0 saturated heterocycles. The molecule has 0 aromatic rings. The molecule has 0 bridgehead atoms. The van der Waals surface area contributed by atoms with Crippen LogP contribution in [0.15, 0.2) is 0 Å². The van der Waals surface area contributed by atoms with Crippen LogP contribution in [0, 0.1) is 5.92 Å². The summed E-state index contributed by atoms with van der Waals surface area (Å²) in [6.45, 7) is 5.82. The third-order valence-corrected chi connectivity index (χ3v) is 4.10. The van der Waals surface area contributed by atoms with Crippen molar-refractivity contribution in [1.82, 2.24) is 14.5 Å². The van der Waals surface area contributed by atoms with Crippen LogP contribution >= 0.6 is 0 Å². The summed E-state index contributed by atoms with van der Waals surface area (Å²) in [4.78, 5) is 13.7. The second-order valence-electron chi connectivity index (χ2n) is 5.79. The first-order chi connectivity index (χ1) is 9.12. The average Bonchev–Trinajstić information content (AvgIpc) is 2.25. The van der Waals surface area contributed by atoms with Crippen LogP contribution in [0.5, 0.6) is 0 Å². The number of rotatable bonds is 10. The lowest BCUT2D eigenvalue weighted by Gasteiger charge is -2.20. The van der Waals surface area contributed by atoms with Crippen LogP contribution in [-0.4, -0.2) is 70.1 Å². The Labute approximate surface area is 123 Å². The second-order valence-corrected chi connectivity index (χ2v) is 7.77. The molecule has 7 heteroatoms. The molecular weight excluding hydrogens is 278 g/mol. The fraction of sp³-hybridized carbons (Fsp3) is 0.923. The Kier molecular flexibility index (Phi) is 9.00. The third kappa shape index (κ3) is 10.2. The van der Waals surface area contributed by atoms with Gasteiger partial charge in [-0.25, -0.2) is 8.42 Å². The van der Waals surface area contributed by atoms with Gasteiger partial charge in [0.25, 0.3) is 0 Å². The highest BCUT2D eigenvalue weighted by atomic mass is 32.2. The van der Waals surface area contributed by atoms with Gasteiger partial charge in [-0.1, -0.05) is 13.8 Å². The first-order valence-corrected chi connectivity index (χ1v) is 8.84. The molecule has 0 saturated carbocycles. The third-order valence-electron chi connectivity index (χ3n) is 2.85. The maximum atomic E-state index is 11.8. The van der Waals surface area contributed by atoms with E-state index in [1.54, 1.807) is 0 Å². The molecule has 0 heterocycles. The maximum Gasteiger partial charge on any atom is 0.235 e. The molecule has 0 aromatic heterocycles. The summed E-state index contributed by atoms with van der Waals surface area (Å²) in [7, 11) is 0.523. The summed E-state index contributed by atoms with van der Waals surface area (Å²) < 4.78 is 24.6. The van der Waals surface area contributed by atoms with E-state index in [-0.39, 0.29) is 12.5 Å². The number of amides is 1. The molecule has 0 radical (unpaired) electrons. The van der Waals surface area contributed by atoms with Gasteiger partial charge in [-0.3, -0.25) is 4.79 Å². The van der Waals surface area contributed by atoms with Crippen molar-refractivity contribution >= 4 is 15.9 Å². The van der Waals surface area contributed by atoms with Crippen molar-refractivity contribution in [2.24, 2.45) is 5.92 Å². The molecule has 0 aromatic carbocycles. The molecule has 120 valence electrons. The van der Waals surface area contributed by atoms with Crippen molar-refractivity contribution in [3.8, 4) is 0 Å². The highest BCUT2D eigenvalue weighted by Gasteiger charge is 2.19. The highest BCUT2D eigenvalue weighted by Crippen LogP contribution is 2.01. The Morgan fingerprint density at radius 3 is 2.25 bits per heavy atom. The zero-order valence-corrected chi connectivity index (χ0v) is 14.2. The number of hydrogen-bond acceptors (Lipinski definition) is 4. The second kappa shape index (κ2) is 9.31. The molecule has 1 amide bonds. The van der Waals surface area contributed by atoms with Gasteiger partial charge in [0, 0.05) is 13.1 Å². The van der Waals surface area contributed by atoms with Gasteiger partial charge in [-0.15, -0.1) is 0 Å². The van der Waals surface area contributed by atoms with Gasteiger partial charge in [-0.2, -0.15) is 4.31 Å². The summed E-state index contributed by atoms with van der Waals surface area (Å²) in [5, 5.41) is 2.76. The molecule has 6 nitrogen and oxygen atoms in total. The lowest BCUT2D eigenvalue weighted by molar-refractivity contribution is -0.121. The van der Waals surface area contributed by atoms with E-state index in [4.69, 9.17) is 0 Å². The molecular formula is C13H29N3O3S. The van der Waals surface area contributed by atoms with E-state index >= 15 is 0 Å². The average molecular weight is 307 g/mol. The number of carbonyl (C=O) groups excluding carboxylic acids is 1. The van der Waals surface area contributed by atoms with Gasteiger partial charge < -0.3 is 10.2 Å². The summed E-state index contributed by atoms with van der Waals surface area (Å²) in [5.74, 6) is 0.280. The largest absolute Gasteiger partial charge is 0.355 e. The van der Waals surface area contributed by atoms with Crippen LogP contribution in [0.3, 0.4) is 0 Å². The Morgan fingerprint density at radius 2 is 1.80 bits per heavy atom. The van der Waals surface area contributed by atoms with Crippen LogP contribution in [0.2, 0.25) is 0 Å². The van der Waals surface area contributed by atoms with E-state index in [0.717, 1.165) is 19.2 Å². The number of nitrogens with one attached hydrogen (secondary N) is 1. The zero-order chi connectivity index (χ0) is 15.8. The Hall–Kier alpha value is -0.660. The first-order valence-electron chi connectivity index (χ1n) is 6.99. The number of nitrogens with zero attached hydrogens (tertiary/aromatic N) is 2. The Bertz CT molecular complexity index is 380. The monoisotopic (exact) mass is 307 g/mol. The number of carbonyl (C=O) groups is 1. The molecule has 0 spiro atoms. The van der Waals surface area contributed by atoms with Crippen molar-refractivity contribution in [1.29, 1.82) is 0 Å². The molecule has 0 aliphatic carbocycles. The predicted molar refractivity (Wildman–Crippen MR) is 82.1 cm³/mol. The minimum Gasteiger partial charge on any atom is -0.355 e. The normalized spacial score (nSPS) is 12.4. The van der Waals surface area contributed by atoms with Crippen LogP contribution in [0.25, 0.3) is 0 Å². The van der Waals surface area contributed by atoms with Crippen molar-refractivity contribution < 1.29 is 13.2 Å². The number of hydrogen-bond donors (Lipinski definition) is 1. The summed E-state index contributed by atoms with van der Waals surface area (Å²) >= 11 is 0. The van der Waals surface area contributed by atoms with E-state index in [1.165, 1.54) is 4.31 Å². The van der Waals surface area contributed by atoms with E-state index in [9.17, 15) is 13.2 Å². The van der Waals surface area contributed by atoms with Gasteiger partial charge in [-0.05, 0) is 39.4 Å². The highest BCUT2D eigenvalue weighted by molar-refractivity contribution is 7.88. The summed E-state index contributed by atoms with van der Waals surface area (Å²) in [6, 6.07) is 0. The van der Waals surface area contributed by atoms with Gasteiger partial charge >= 0.3 is 0 Å². The van der Waals surface area contributed by atoms with Crippen LogP contribution in [-0.2, 0) is 14.8 Å². The van der Waals surface area contributed by atoms with Crippen molar-refractivity contribution in [2.45, 2.75) is 26.7 Å². The molecule has 0 aliphatic heterocycles. The maximum absolute atomic E-state index is 11.8. The van der Waals surface area contributed by atoms with Gasteiger partial charge in [0.2, 0.25) is 15.9 Å². The predicted octanol–water partition coefficient (Wildman–Crippen LogP) is 0.362. The molecule has 20 heavy (non-hydrogen) atoms. The summed E-state index contributed by atoms with van der Waals surface area (Å²) in [5.41, 5.74) is 0. The fourth-order valence-electron chi connectivity index (χ4n) is 1.64. The lowest BCUT2D eigenvalue weighted by atomic mass is 10.1. The smallest absolute Gasteiger partial charge is 0.235 e.